The summed E-state index contributed by atoms with van der Waals surface area (Å²) in [6.45, 7) is 5.90. The lowest BCUT2D eigenvalue weighted by atomic mass is 9.97. The summed E-state index contributed by atoms with van der Waals surface area (Å²) < 4.78 is 26.2. The fraction of sp³-hybridized carbons (Fsp3) is 1.00. The van der Waals surface area contributed by atoms with Crippen molar-refractivity contribution in [3.63, 3.8) is 0 Å². The monoisotopic (exact) mass is 270 g/mol. The first-order valence-corrected chi connectivity index (χ1v) is 7.41. The molecule has 0 aliphatic carbocycles. The van der Waals surface area contributed by atoms with Crippen molar-refractivity contribution >= 4 is 22.4 Å². The summed E-state index contributed by atoms with van der Waals surface area (Å²) in [4.78, 5) is 0. The van der Waals surface area contributed by atoms with E-state index in [1.54, 1.807) is 0 Å². The summed E-state index contributed by atoms with van der Waals surface area (Å²) in [5.74, 6) is 0.648. The molecule has 6 heteroatoms. The second-order valence-corrected chi connectivity index (χ2v) is 6.24. The van der Waals surface area contributed by atoms with Crippen LogP contribution < -0.4 is 10.0 Å². The second kappa shape index (κ2) is 7.48. The largest absolute Gasteiger partial charge is 0.316 e. The number of halogens is 1. The van der Waals surface area contributed by atoms with E-state index in [9.17, 15) is 8.42 Å². The van der Waals surface area contributed by atoms with Gasteiger partial charge in [-0.25, -0.2) is 13.1 Å². The number of piperidine rings is 1. The minimum Gasteiger partial charge on any atom is -0.316 e. The molecule has 0 aromatic heterocycles. The summed E-state index contributed by atoms with van der Waals surface area (Å²) in [5.41, 5.74) is 0. The molecule has 1 heterocycles. The van der Waals surface area contributed by atoms with Gasteiger partial charge >= 0.3 is 0 Å². The molecular formula is C10H23ClN2O2S. The Bertz CT molecular complexity index is 283. The maximum Gasteiger partial charge on any atom is 0.211 e. The van der Waals surface area contributed by atoms with Crippen LogP contribution in [0.25, 0.3) is 0 Å². The molecule has 2 N–H and O–H groups in total. The Morgan fingerprint density at radius 2 is 2.12 bits per heavy atom. The van der Waals surface area contributed by atoms with Gasteiger partial charge in [0, 0.05) is 6.04 Å². The molecule has 0 amide bonds. The first-order valence-electron chi connectivity index (χ1n) is 5.76. The average Bonchev–Trinajstić information content (AvgIpc) is 2.18. The Morgan fingerprint density at radius 3 is 2.69 bits per heavy atom. The Balaban J connectivity index is 0.00000225. The quantitative estimate of drug-likeness (QED) is 0.787. The molecule has 0 aromatic carbocycles. The number of hydrogen-bond acceptors (Lipinski definition) is 3. The number of rotatable bonds is 5. The van der Waals surface area contributed by atoms with Crippen molar-refractivity contribution in [1.29, 1.82) is 0 Å². The highest BCUT2D eigenvalue weighted by atomic mass is 35.5. The van der Waals surface area contributed by atoms with Gasteiger partial charge in [0.2, 0.25) is 10.0 Å². The van der Waals surface area contributed by atoms with Gasteiger partial charge < -0.3 is 5.32 Å². The lowest BCUT2D eigenvalue weighted by Crippen LogP contribution is -2.48. The molecule has 0 spiro atoms. The van der Waals surface area contributed by atoms with Crippen LogP contribution in [0.2, 0.25) is 0 Å². The van der Waals surface area contributed by atoms with E-state index in [2.05, 4.69) is 17.0 Å². The van der Waals surface area contributed by atoms with Crippen molar-refractivity contribution in [3.8, 4) is 0 Å². The molecule has 1 saturated heterocycles. The molecule has 98 valence electrons. The molecule has 1 rings (SSSR count). The van der Waals surface area contributed by atoms with Crippen molar-refractivity contribution in [1.82, 2.24) is 10.0 Å². The zero-order valence-corrected chi connectivity index (χ0v) is 11.7. The second-order valence-electron chi connectivity index (χ2n) is 4.37. The fourth-order valence-corrected chi connectivity index (χ4v) is 3.41. The number of nitrogens with one attached hydrogen (secondary N) is 2. The van der Waals surface area contributed by atoms with Crippen LogP contribution in [0.4, 0.5) is 0 Å². The van der Waals surface area contributed by atoms with E-state index in [4.69, 9.17) is 0 Å². The van der Waals surface area contributed by atoms with Crippen molar-refractivity contribution in [3.05, 3.63) is 0 Å². The Kier molecular flexibility index (Phi) is 7.55. The van der Waals surface area contributed by atoms with E-state index in [-0.39, 0.29) is 24.2 Å². The summed E-state index contributed by atoms with van der Waals surface area (Å²) in [5, 5.41) is 3.26. The molecule has 4 nitrogen and oxygen atoms in total. The third-order valence-corrected chi connectivity index (χ3v) is 4.37. The fourth-order valence-electron chi connectivity index (χ4n) is 1.81. The smallest absolute Gasteiger partial charge is 0.211 e. The summed E-state index contributed by atoms with van der Waals surface area (Å²) in [6.07, 6.45) is 2.56. The molecule has 0 radical (unpaired) electrons. The van der Waals surface area contributed by atoms with Crippen LogP contribution in [0.15, 0.2) is 0 Å². The maximum absolute atomic E-state index is 11.7. The molecule has 0 aromatic rings. The van der Waals surface area contributed by atoms with Gasteiger partial charge in [-0.3, -0.25) is 0 Å². The predicted molar refractivity (Wildman–Crippen MR) is 69.5 cm³/mol. The molecular weight excluding hydrogens is 248 g/mol. The molecule has 0 saturated carbocycles. The Labute approximate surface area is 105 Å². The number of sulfonamides is 1. The normalized spacial score (nSPS) is 26.1. The molecule has 2 atom stereocenters. The van der Waals surface area contributed by atoms with Gasteiger partial charge in [-0.2, -0.15) is 0 Å². The highest BCUT2D eigenvalue weighted by Gasteiger charge is 2.24. The standard InChI is InChI=1S/C10H22N2O2S.ClH/c1-3-4-7-15(13,14)12-10-5-6-11-8-9(10)2;/h9-12H,3-8H2,1-2H3;1H. The lowest BCUT2D eigenvalue weighted by molar-refractivity contribution is 0.328. The number of hydrogen-bond donors (Lipinski definition) is 2. The van der Waals surface area contributed by atoms with Crippen LogP contribution in [0.5, 0.6) is 0 Å². The van der Waals surface area contributed by atoms with Crippen LogP contribution >= 0.6 is 12.4 Å². The molecule has 16 heavy (non-hydrogen) atoms. The molecule has 0 bridgehead atoms. The Morgan fingerprint density at radius 1 is 1.44 bits per heavy atom. The van der Waals surface area contributed by atoms with E-state index in [0.717, 1.165) is 32.4 Å². The van der Waals surface area contributed by atoms with Gasteiger partial charge in [0.25, 0.3) is 0 Å². The van der Waals surface area contributed by atoms with Crippen molar-refractivity contribution in [2.45, 2.75) is 39.2 Å². The van der Waals surface area contributed by atoms with Crippen LogP contribution in [0.3, 0.4) is 0 Å². The Hall–Kier alpha value is 0.160. The van der Waals surface area contributed by atoms with Gasteiger partial charge in [0.1, 0.15) is 0 Å². The average molecular weight is 271 g/mol. The van der Waals surface area contributed by atoms with E-state index in [0.29, 0.717) is 5.92 Å². The predicted octanol–water partition coefficient (Wildman–Crippen LogP) is 1.13. The molecule has 2 unspecified atom stereocenters. The zero-order valence-electron chi connectivity index (χ0n) is 10.0. The molecule has 1 fully saturated rings. The van der Waals surface area contributed by atoms with Gasteiger partial charge in [-0.1, -0.05) is 20.3 Å². The van der Waals surface area contributed by atoms with Gasteiger partial charge in [0.05, 0.1) is 5.75 Å². The summed E-state index contributed by atoms with van der Waals surface area (Å²) in [7, 11) is -3.05. The minimum absolute atomic E-state index is 0. The number of unbranched alkanes of at least 4 members (excludes halogenated alkanes) is 1. The summed E-state index contributed by atoms with van der Waals surface area (Å²) >= 11 is 0. The van der Waals surface area contributed by atoms with E-state index >= 15 is 0 Å². The minimum atomic E-state index is -3.05. The zero-order chi connectivity index (χ0) is 11.3. The van der Waals surface area contributed by atoms with Crippen molar-refractivity contribution in [2.24, 2.45) is 5.92 Å². The van der Waals surface area contributed by atoms with E-state index in [1.165, 1.54) is 0 Å². The topological polar surface area (TPSA) is 58.2 Å². The van der Waals surface area contributed by atoms with Crippen LogP contribution in [-0.2, 0) is 10.0 Å². The molecule has 1 aliphatic rings. The highest BCUT2D eigenvalue weighted by molar-refractivity contribution is 7.89. The van der Waals surface area contributed by atoms with Gasteiger partial charge in [0.15, 0.2) is 0 Å². The third-order valence-electron chi connectivity index (χ3n) is 2.88. The molecule has 1 aliphatic heterocycles. The first kappa shape index (κ1) is 16.2. The SMILES string of the molecule is CCCCS(=O)(=O)NC1CCNCC1C.Cl. The van der Waals surface area contributed by atoms with Crippen LogP contribution in [-0.4, -0.2) is 33.3 Å². The summed E-state index contributed by atoms with van der Waals surface area (Å²) in [6, 6.07) is 0.119. The van der Waals surface area contributed by atoms with Crippen LogP contribution in [0, 0.1) is 5.92 Å². The van der Waals surface area contributed by atoms with Gasteiger partial charge in [-0.15, -0.1) is 12.4 Å². The third kappa shape index (κ3) is 5.48. The maximum atomic E-state index is 11.7. The van der Waals surface area contributed by atoms with E-state index in [1.807, 2.05) is 6.92 Å². The van der Waals surface area contributed by atoms with E-state index < -0.39 is 10.0 Å². The first-order chi connectivity index (χ1) is 7.05. The van der Waals surface area contributed by atoms with Crippen molar-refractivity contribution in [2.75, 3.05) is 18.8 Å². The highest BCUT2D eigenvalue weighted by Crippen LogP contribution is 2.11. The lowest BCUT2D eigenvalue weighted by Gasteiger charge is -2.29. The van der Waals surface area contributed by atoms with Gasteiger partial charge in [-0.05, 0) is 31.8 Å². The van der Waals surface area contributed by atoms with Crippen LogP contribution in [0.1, 0.15) is 33.1 Å². The van der Waals surface area contributed by atoms with Crippen molar-refractivity contribution < 1.29 is 8.42 Å².